The van der Waals surface area contributed by atoms with E-state index < -0.39 is 23.4 Å². The minimum Gasteiger partial charge on any atom is -0.462 e. The van der Waals surface area contributed by atoms with Gasteiger partial charge in [0.1, 0.15) is 11.4 Å². The summed E-state index contributed by atoms with van der Waals surface area (Å²) in [6.07, 6.45) is 1.36. The Bertz CT molecular complexity index is 1110. The van der Waals surface area contributed by atoms with Crippen molar-refractivity contribution in [3.05, 3.63) is 59.5 Å². The van der Waals surface area contributed by atoms with Crippen molar-refractivity contribution in [1.82, 2.24) is 4.98 Å². The summed E-state index contributed by atoms with van der Waals surface area (Å²) in [6.45, 7) is 3.95. The number of hydrogen-bond donors (Lipinski definition) is 0. The van der Waals surface area contributed by atoms with E-state index in [0.717, 1.165) is 6.07 Å². The zero-order chi connectivity index (χ0) is 21.3. The van der Waals surface area contributed by atoms with Crippen molar-refractivity contribution in [2.45, 2.75) is 6.92 Å². The number of nitrogens with zero attached hydrogens (tertiary/aromatic N) is 2. The molecule has 3 aromatic rings. The van der Waals surface area contributed by atoms with Crippen LogP contribution in [0.15, 0.2) is 36.5 Å². The molecule has 0 amide bonds. The van der Waals surface area contributed by atoms with Crippen molar-refractivity contribution in [1.29, 1.82) is 0 Å². The second kappa shape index (κ2) is 8.31. The average Bonchev–Trinajstić information content (AvgIpc) is 2.75. The van der Waals surface area contributed by atoms with Crippen LogP contribution in [0, 0.1) is 17.5 Å². The standard InChI is InChI=1S/C22H19F3N2O3/c1-2-30-22(28)17-12-26-20-14(16-10-13(23)11-18(24)19(16)25)4-3-5-15(20)21(17)27-6-8-29-9-7-27/h3-5,10-12H,2,6-9H2,1H3. The summed E-state index contributed by atoms with van der Waals surface area (Å²) in [5.41, 5.74) is 1.18. The molecule has 0 atom stereocenters. The molecule has 0 unspecified atom stereocenters. The SMILES string of the molecule is CCOC(=O)c1cnc2c(-c3cc(F)cc(F)c3F)cccc2c1N1CCOCC1. The van der Waals surface area contributed by atoms with Gasteiger partial charge in [-0.1, -0.05) is 18.2 Å². The summed E-state index contributed by atoms with van der Waals surface area (Å²) >= 11 is 0. The predicted octanol–water partition coefficient (Wildman–Crippen LogP) is 4.33. The smallest absolute Gasteiger partial charge is 0.341 e. The third-order valence-electron chi connectivity index (χ3n) is 4.97. The number of hydrogen-bond acceptors (Lipinski definition) is 5. The number of esters is 1. The monoisotopic (exact) mass is 416 g/mol. The first-order valence-corrected chi connectivity index (χ1v) is 9.57. The number of morpholine rings is 1. The van der Waals surface area contributed by atoms with Crippen LogP contribution in [0.5, 0.6) is 0 Å². The van der Waals surface area contributed by atoms with E-state index in [2.05, 4.69) is 4.98 Å². The van der Waals surface area contributed by atoms with Crippen LogP contribution in [-0.4, -0.2) is 43.9 Å². The molecule has 2 heterocycles. The van der Waals surface area contributed by atoms with Crippen molar-refractivity contribution in [3.8, 4) is 11.1 Å². The first-order valence-electron chi connectivity index (χ1n) is 9.57. The number of pyridine rings is 1. The van der Waals surface area contributed by atoms with Crippen LogP contribution in [0.1, 0.15) is 17.3 Å². The highest BCUT2D eigenvalue weighted by Crippen LogP contribution is 2.37. The molecule has 0 bridgehead atoms. The Hall–Kier alpha value is -3.13. The Balaban J connectivity index is 1.98. The Morgan fingerprint density at radius 1 is 1.17 bits per heavy atom. The van der Waals surface area contributed by atoms with Crippen molar-refractivity contribution >= 4 is 22.6 Å². The van der Waals surface area contributed by atoms with E-state index in [0.29, 0.717) is 49.0 Å². The zero-order valence-corrected chi connectivity index (χ0v) is 16.3. The summed E-state index contributed by atoms with van der Waals surface area (Å²) in [4.78, 5) is 18.9. The fourth-order valence-electron chi connectivity index (χ4n) is 3.66. The lowest BCUT2D eigenvalue weighted by Gasteiger charge is -2.31. The zero-order valence-electron chi connectivity index (χ0n) is 16.3. The van der Waals surface area contributed by atoms with Gasteiger partial charge in [0.05, 0.1) is 31.0 Å². The molecular formula is C22H19F3N2O3. The van der Waals surface area contributed by atoms with Crippen LogP contribution in [0.25, 0.3) is 22.0 Å². The molecule has 0 spiro atoms. The molecule has 8 heteroatoms. The highest BCUT2D eigenvalue weighted by atomic mass is 19.2. The molecular weight excluding hydrogens is 397 g/mol. The highest BCUT2D eigenvalue weighted by Gasteiger charge is 2.25. The molecule has 0 radical (unpaired) electrons. The van der Waals surface area contributed by atoms with E-state index in [9.17, 15) is 18.0 Å². The van der Waals surface area contributed by atoms with Gasteiger partial charge in [0.2, 0.25) is 0 Å². The van der Waals surface area contributed by atoms with Crippen LogP contribution in [0.4, 0.5) is 18.9 Å². The number of fused-ring (bicyclic) bond motifs is 1. The second-order valence-electron chi connectivity index (χ2n) is 6.79. The van der Waals surface area contributed by atoms with Crippen molar-refractivity contribution < 1.29 is 27.4 Å². The van der Waals surface area contributed by atoms with E-state index in [1.807, 2.05) is 4.90 Å². The molecule has 1 aromatic heterocycles. The molecule has 1 fully saturated rings. The molecule has 1 aliphatic heterocycles. The normalized spacial score (nSPS) is 14.2. The second-order valence-corrected chi connectivity index (χ2v) is 6.79. The van der Waals surface area contributed by atoms with E-state index in [-0.39, 0.29) is 23.3 Å². The third kappa shape index (κ3) is 3.59. The van der Waals surface area contributed by atoms with Gasteiger partial charge in [-0.3, -0.25) is 4.98 Å². The summed E-state index contributed by atoms with van der Waals surface area (Å²) < 4.78 is 52.7. The van der Waals surface area contributed by atoms with Crippen LogP contribution in [-0.2, 0) is 9.47 Å². The number of aromatic nitrogens is 1. The number of para-hydroxylation sites is 1. The highest BCUT2D eigenvalue weighted by molar-refractivity contribution is 6.08. The number of carbonyl (C=O) groups excluding carboxylic acids is 1. The molecule has 4 rings (SSSR count). The molecule has 5 nitrogen and oxygen atoms in total. The third-order valence-corrected chi connectivity index (χ3v) is 4.97. The fourth-order valence-corrected chi connectivity index (χ4v) is 3.66. The molecule has 1 aliphatic rings. The first kappa shape index (κ1) is 20.2. The minimum absolute atomic E-state index is 0.202. The lowest BCUT2D eigenvalue weighted by atomic mass is 9.98. The Morgan fingerprint density at radius 3 is 2.67 bits per heavy atom. The molecule has 0 N–H and O–H groups in total. The van der Waals surface area contributed by atoms with Gasteiger partial charge in [0.25, 0.3) is 0 Å². The number of benzene rings is 2. The van der Waals surface area contributed by atoms with Crippen LogP contribution < -0.4 is 4.90 Å². The quantitative estimate of drug-likeness (QED) is 0.468. The van der Waals surface area contributed by atoms with E-state index in [1.165, 1.54) is 6.20 Å². The molecule has 2 aromatic carbocycles. The largest absolute Gasteiger partial charge is 0.462 e. The number of ether oxygens (including phenoxy) is 2. The van der Waals surface area contributed by atoms with E-state index in [1.54, 1.807) is 25.1 Å². The van der Waals surface area contributed by atoms with E-state index >= 15 is 0 Å². The number of halogens is 3. The maximum atomic E-state index is 14.5. The topological polar surface area (TPSA) is 51.7 Å². The van der Waals surface area contributed by atoms with Crippen LogP contribution in [0.2, 0.25) is 0 Å². The van der Waals surface area contributed by atoms with Crippen LogP contribution >= 0.6 is 0 Å². The lowest BCUT2D eigenvalue weighted by molar-refractivity contribution is 0.0526. The number of rotatable bonds is 4. The van der Waals surface area contributed by atoms with Gasteiger partial charge < -0.3 is 14.4 Å². The van der Waals surface area contributed by atoms with Gasteiger partial charge in [-0.25, -0.2) is 18.0 Å². The Labute approximate surface area is 171 Å². The van der Waals surface area contributed by atoms with Gasteiger partial charge in [-0.2, -0.15) is 0 Å². The van der Waals surface area contributed by atoms with Crippen LogP contribution in [0.3, 0.4) is 0 Å². The molecule has 1 saturated heterocycles. The van der Waals surface area contributed by atoms with Gasteiger partial charge in [-0.15, -0.1) is 0 Å². The molecule has 0 saturated carbocycles. The van der Waals surface area contributed by atoms with Crippen molar-refractivity contribution in [3.63, 3.8) is 0 Å². The lowest BCUT2D eigenvalue weighted by Crippen LogP contribution is -2.37. The average molecular weight is 416 g/mol. The van der Waals surface area contributed by atoms with Gasteiger partial charge in [0, 0.05) is 41.9 Å². The Kier molecular flexibility index (Phi) is 5.59. The van der Waals surface area contributed by atoms with E-state index in [4.69, 9.17) is 9.47 Å². The minimum atomic E-state index is -1.28. The number of anilines is 1. The maximum absolute atomic E-state index is 14.5. The Morgan fingerprint density at radius 2 is 1.93 bits per heavy atom. The maximum Gasteiger partial charge on any atom is 0.341 e. The summed E-state index contributed by atoms with van der Waals surface area (Å²) in [5, 5.41) is 0.559. The van der Waals surface area contributed by atoms with Crippen molar-refractivity contribution in [2.75, 3.05) is 37.8 Å². The fraction of sp³-hybridized carbons (Fsp3) is 0.273. The summed E-state index contributed by atoms with van der Waals surface area (Å²) in [7, 11) is 0. The first-order chi connectivity index (χ1) is 14.5. The molecule has 156 valence electrons. The summed E-state index contributed by atoms with van der Waals surface area (Å²) in [6, 6.07) is 6.35. The van der Waals surface area contributed by atoms with Gasteiger partial charge >= 0.3 is 5.97 Å². The van der Waals surface area contributed by atoms with Gasteiger partial charge in [0.15, 0.2) is 11.6 Å². The van der Waals surface area contributed by atoms with Gasteiger partial charge in [-0.05, 0) is 13.0 Å². The number of carbonyl (C=O) groups is 1. The molecule has 0 aliphatic carbocycles. The summed E-state index contributed by atoms with van der Waals surface area (Å²) in [5.74, 6) is -3.86. The predicted molar refractivity (Wildman–Crippen MR) is 106 cm³/mol. The van der Waals surface area contributed by atoms with Crippen molar-refractivity contribution in [2.24, 2.45) is 0 Å². The molecule has 30 heavy (non-hydrogen) atoms.